The minimum absolute atomic E-state index is 0.0671. The van der Waals surface area contributed by atoms with Crippen LogP contribution >= 0.6 is 11.8 Å². The minimum Gasteiger partial charge on any atom is -0.348 e. The molecule has 0 aliphatic carbocycles. The predicted octanol–water partition coefficient (Wildman–Crippen LogP) is 4.22. The lowest BCUT2D eigenvalue weighted by molar-refractivity contribution is -0.149. The number of carbonyl (C=O) groups is 1. The third kappa shape index (κ3) is 5.85. The number of aryl methyl sites for hydroxylation is 1. The molecule has 12 heteroatoms. The van der Waals surface area contributed by atoms with E-state index in [9.17, 15) is 22.8 Å². The van der Waals surface area contributed by atoms with Crippen molar-refractivity contribution in [1.82, 2.24) is 29.7 Å². The van der Waals surface area contributed by atoms with Crippen LogP contribution in [0.25, 0.3) is 11.0 Å². The number of hydrogen-bond acceptors (Lipinski definition) is 6. The van der Waals surface area contributed by atoms with Crippen molar-refractivity contribution >= 4 is 28.7 Å². The fourth-order valence-corrected chi connectivity index (χ4v) is 6.01. The summed E-state index contributed by atoms with van der Waals surface area (Å²) in [4.78, 5) is 39.5. The number of nitrogens with one attached hydrogen (secondary N) is 2. The average Bonchev–Trinajstić information content (AvgIpc) is 3.13. The number of thioether (sulfide) groups is 1. The summed E-state index contributed by atoms with van der Waals surface area (Å²) >= 11 is 1.44. The van der Waals surface area contributed by atoms with Crippen molar-refractivity contribution in [2.45, 2.75) is 57.3 Å². The van der Waals surface area contributed by atoms with Gasteiger partial charge in [0.2, 0.25) is 0 Å². The number of carbonyl (C=O) groups excluding carboxylic acids is 1. The minimum atomic E-state index is -4.20. The molecule has 4 heterocycles. The first-order chi connectivity index (χ1) is 17.5. The molecular formula is C25H31F3N6O2S. The monoisotopic (exact) mass is 536 g/mol. The van der Waals surface area contributed by atoms with Crippen LogP contribution in [0.5, 0.6) is 0 Å². The van der Waals surface area contributed by atoms with E-state index in [1.54, 1.807) is 6.20 Å². The summed E-state index contributed by atoms with van der Waals surface area (Å²) < 4.78 is 40.4. The standard InChI is InChI=1S/C25H31F3N6O2S/c1-14-9-20(37-4)18(23(35)32-14)11-30-24(36)21-16(3)34(22-19(21)10-29-13-31-22)15(2)17-5-7-33(8-6-17)12-25(26,27)28/h9-10,13,15,17H,5-8,11-12H2,1-4H3,(H,30,36)(H,32,35)/t15-/m1/s1. The highest BCUT2D eigenvalue weighted by Crippen LogP contribution is 2.35. The van der Waals surface area contributed by atoms with Gasteiger partial charge in [-0.15, -0.1) is 11.8 Å². The molecule has 0 aromatic carbocycles. The van der Waals surface area contributed by atoms with Gasteiger partial charge in [-0.05, 0) is 64.9 Å². The molecule has 1 atom stereocenters. The summed E-state index contributed by atoms with van der Waals surface area (Å²) in [6.07, 6.45) is 1.95. The first kappa shape index (κ1) is 27.2. The van der Waals surface area contributed by atoms with E-state index >= 15 is 0 Å². The van der Waals surface area contributed by atoms with Crippen molar-refractivity contribution in [2.75, 3.05) is 25.9 Å². The van der Waals surface area contributed by atoms with Crippen LogP contribution in [0.4, 0.5) is 13.2 Å². The maximum Gasteiger partial charge on any atom is 0.401 e. The zero-order valence-electron chi connectivity index (χ0n) is 21.3. The first-order valence-electron chi connectivity index (χ1n) is 12.1. The zero-order chi connectivity index (χ0) is 26.9. The van der Waals surface area contributed by atoms with Crippen molar-refractivity contribution in [3.8, 4) is 0 Å². The van der Waals surface area contributed by atoms with Gasteiger partial charge in [0.25, 0.3) is 11.5 Å². The number of hydrogen-bond donors (Lipinski definition) is 2. The van der Waals surface area contributed by atoms with Crippen LogP contribution in [-0.2, 0) is 6.54 Å². The van der Waals surface area contributed by atoms with Gasteiger partial charge < -0.3 is 14.9 Å². The van der Waals surface area contributed by atoms with E-state index in [-0.39, 0.29) is 30.0 Å². The lowest BCUT2D eigenvalue weighted by Gasteiger charge is -2.36. The lowest BCUT2D eigenvalue weighted by Crippen LogP contribution is -2.41. The second-order valence-electron chi connectivity index (χ2n) is 9.57. The highest BCUT2D eigenvalue weighted by Gasteiger charge is 2.35. The van der Waals surface area contributed by atoms with Gasteiger partial charge >= 0.3 is 6.18 Å². The summed E-state index contributed by atoms with van der Waals surface area (Å²) in [5, 5.41) is 3.49. The Labute approximate surface area is 217 Å². The Kier molecular flexibility index (Phi) is 7.98. The molecule has 0 spiro atoms. The van der Waals surface area contributed by atoms with E-state index in [1.165, 1.54) is 23.0 Å². The van der Waals surface area contributed by atoms with Gasteiger partial charge in [0, 0.05) is 40.6 Å². The van der Waals surface area contributed by atoms with Crippen molar-refractivity contribution in [3.05, 3.63) is 51.5 Å². The molecule has 1 aliphatic heterocycles. The number of H-pyrrole nitrogens is 1. The SMILES string of the molecule is CSc1cc(C)[nH]c(=O)c1CNC(=O)c1c(C)n([C@H](C)C2CCN(CC(F)(F)F)CC2)c2ncncc12. The molecule has 1 amide bonds. The molecule has 37 heavy (non-hydrogen) atoms. The summed E-state index contributed by atoms with van der Waals surface area (Å²) in [6, 6.07) is 1.80. The fourth-order valence-electron chi connectivity index (χ4n) is 5.30. The van der Waals surface area contributed by atoms with Crippen LogP contribution in [0.3, 0.4) is 0 Å². The number of pyridine rings is 1. The predicted molar refractivity (Wildman–Crippen MR) is 137 cm³/mol. The molecule has 3 aromatic heterocycles. The average molecular weight is 537 g/mol. The van der Waals surface area contributed by atoms with Gasteiger partial charge in [0.05, 0.1) is 17.5 Å². The number of rotatable bonds is 7. The molecule has 4 rings (SSSR count). The van der Waals surface area contributed by atoms with E-state index in [1.807, 2.05) is 37.7 Å². The zero-order valence-corrected chi connectivity index (χ0v) is 22.1. The number of alkyl halides is 3. The van der Waals surface area contributed by atoms with Crippen LogP contribution in [0.2, 0.25) is 0 Å². The Morgan fingerprint density at radius 3 is 2.65 bits per heavy atom. The lowest BCUT2D eigenvalue weighted by atomic mass is 9.90. The molecular weight excluding hydrogens is 505 g/mol. The van der Waals surface area contributed by atoms with E-state index in [4.69, 9.17) is 0 Å². The van der Waals surface area contributed by atoms with Crippen LogP contribution in [0, 0.1) is 19.8 Å². The molecule has 2 N–H and O–H groups in total. The summed E-state index contributed by atoms with van der Waals surface area (Å²) in [5.74, 6) is -0.199. The molecule has 0 radical (unpaired) electrons. The quantitative estimate of drug-likeness (QED) is 0.439. The molecule has 0 bridgehead atoms. The highest BCUT2D eigenvalue weighted by atomic mass is 32.2. The second kappa shape index (κ2) is 10.9. The van der Waals surface area contributed by atoms with Crippen molar-refractivity contribution < 1.29 is 18.0 Å². The van der Waals surface area contributed by atoms with E-state index in [0.717, 1.165) is 10.6 Å². The second-order valence-corrected chi connectivity index (χ2v) is 10.4. The Hall–Kier alpha value is -2.86. The molecule has 0 unspecified atom stereocenters. The van der Waals surface area contributed by atoms with Crippen molar-refractivity contribution in [3.63, 3.8) is 0 Å². The molecule has 0 saturated carbocycles. The summed E-state index contributed by atoms with van der Waals surface area (Å²) in [5.41, 5.74) is 2.76. The smallest absolute Gasteiger partial charge is 0.348 e. The summed E-state index contributed by atoms with van der Waals surface area (Å²) in [7, 11) is 0. The highest BCUT2D eigenvalue weighted by molar-refractivity contribution is 7.98. The van der Waals surface area contributed by atoms with Crippen molar-refractivity contribution in [2.24, 2.45) is 5.92 Å². The molecule has 8 nitrogen and oxygen atoms in total. The number of amides is 1. The Bertz CT molecular complexity index is 1340. The molecule has 1 saturated heterocycles. The van der Waals surface area contributed by atoms with Gasteiger partial charge in [-0.3, -0.25) is 14.5 Å². The van der Waals surface area contributed by atoms with Crippen LogP contribution in [0.15, 0.2) is 28.3 Å². The van der Waals surface area contributed by atoms with Crippen LogP contribution < -0.4 is 10.9 Å². The number of aromatic amines is 1. The maximum absolute atomic E-state index is 13.4. The number of aromatic nitrogens is 4. The molecule has 3 aromatic rings. The molecule has 200 valence electrons. The van der Waals surface area contributed by atoms with Gasteiger partial charge in [-0.1, -0.05) is 0 Å². The molecule has 1 aliphatic rings. The summed E-state index contributed by atoms with van der Waals surface area (Å²) in [6.45, 7) is 5.60. The van der Waals surface area contributed by atoms with Crippen LogP contribution in [-0.4, -0.2) is 62.4 Å². The molecule has 1 fully saturated rings. The van der Waals surface area contributed by atoms with E-state index in [0.29, 0.717) is 53.8 Å². The number of fused-ring (bicyclic) bond motifs is 1. The third-order valence-electron chi connectivity index (χ3n) is 7.14. The van der Waals surface area contributed by atoms with Gasteiger partial charge in [0.15, 0.2) is 0 Å². The van der Waals surface area contributed by atoms with Gasteiger partial charge in [-0.25, -0.2) is 9.97 Å². The number of piperidine rings is 1. The Morgan fingerprint density at radius 1 is 1.30 bits per heavy atom. The maximum atomic E-state index is 13.4. The number of likely N-dealkylation sites (tertiary alicyclic amines) is 1. The first-order valence-corrected chi connectivity index (χ1v) is 13.4. The topological polar surface area (TPSA) is 95.9 Å². The fraction of sp³-hybridized carbons (Fsp3) is 0.520. The van der Waals surface area contributed by atoms with Gasteiger partial charge in [0.1, 0.15) is 12.0 Å². The largest absolute Gasteiger partial charge is 0.401 e. The number of halogens is 3. The van der Waals surface area contributed by atoms with Gasteiger partial charge in [-0.2, -0.15) is 13.2 Å². The van der Waals surface area contributed by atoms with Crippen molar-refractivity contribution in [1.29, 1.82) is 0 Å². The van der Waals surface area contributed by atoms with Crippen LogP contribution in [0.1, 0.15) is 53.1 Å². The van der Waals surface area contributed by atoms with E-state index in [2.05, 4.69) is 20.3 Å². The third-order valence-corrected chi connectivity index (χ3v) is 7.94. The Morgan fingerprint density at radius 2 is 2.00 bits per heavy atom. The number of nitrogens with zero attached hydrogens (tertiary/aromatic N) is 4. The van der Waals surface area contributed by atoms with E-state index < -0.39 is 12.7 Å². The normalized spacial score (nSPS) is 16.3. The Balaban J connectivity index is 1.58.